The van der Waals surface area contributed by atoms with Gasteiger partial charge >= 0.3 is 0 Å². The zero-order valence-electron chi connectivity index (χ0n) is 11.9. The van der Waals surface area contributed by atoms with Crippen molar-refractivity contribution in [1.29, 1.82) is 0 Å². The molecule has 0 spiro atoms. The van der Waals surface area contributed by atoms with Crippen LogP contribution < -0.4 is 5.32 Å². The van der Waals surface area contributed by atoms with Crippen LogP contribution in [0.5, 0.6) is 0 Å². The summed E-state index contributed by atoms with van der Waals surface area (Å²) in [6, 6.07) is 6.95. The minimum atomic E-state index is -0.239. The predicted molar refractivity (Wildman–Crippen MR) is 80.7 cm³/mol. The number of thiophene rings is 1. The molecule has 4 heteroatoms. The van der Waals surface area contributed by atoms with Crippen LogP contribution in [0.1, 0.15) is 38.2 Å². The van der Waals surface area contributed by atoms with E-state index in [1.165, 1.54) is 27.8 Å². The third-order valence-corrected chi connectivity index (χ3v) is 4.41. The van der Waals surface area contributed by atoms with Crippen molar-refractivity contribution in [1.82, 2.24) is 5.32 Å². The van der Waals surface area contributed by atoms with Crippen molar-refractivity contribution < 1.29 is 9.18 Å². The molecule has 106 valence electrons. The number of hydrogen-bond donors (Lipinski definition) is 1. The normalized spacial score (nSPS) is 10.6. The lowest BCUT2D eigenvalue weighted by atomic mass is 10.1. The molecular formula is C16H18FNOS. The largest absolute Gasteiger partial charge is 0.347 e. The molecule has 1 heterocycles. The molecule has 0 bridgehead atoms. The summed E-state index contributed by atoms with van der Waals surface area (Å²) < 4.78 is 13.4. The van der Waals surface area contributed by atoms with Gasteiger partial charge in [-0.25, -0.2) is 4.39 Å². The molecule has 2 rings (SSSR count). The monoisotopic (exact) mass is 291 g/mol. The number of nitrogens with one attached hydrogen (secondary N) is 1. The van der Waals surface area contributed by atoms with E-state index in [1.54, 1.807) is 13.0 Å². The van der Waals surface area contributed by atoms with Crippen LogP contribution in [0, 0.1) is 19.7 Å². The van der Waals surface area contributed by atoms with Crippen LogP contribution in [0.4, 0.5) is 4.39 Å². The van der Waals surface area contributed by atoms with Crippen LogP contribution >= 0.6 is 11.3 Å². The lowest BCUT2D eigenvalue weighted by Crippen LogP contribution is -2.21. The molecular weight excluding hydrogens is 273 g/mol. The summed E-state index contributed by atoms with van der Waals surface area (Å²) >= 11 is 1.50. The van der Waals surface area contributed by atoms with E-state index in [2.05, 4.69) is 12.2 Å². The maximum absolute atomic E-state index is 13.4. The quantitative estimate of drug-likeness (QED) is 0.906. The molecule has 2 aromatic rings. The van der Waals surface area contributed by atoms with Gasteiger partial charge in [-0.1, -0.05) is 19.1 Å². The Morgan fingerprint density at radius 2 is 2.05 bits per heavy atom. The zero-order chi connectivity index (χ0) is 14.7. The van der Waals surface area contributed by atoms with Gasteiger partial charge in [0.1, 0.15) is 5.82 Å². The Balaban J connectivity index is 2.02. The molecule has 0 aliphatic carbocycles. The van der Waals surface area contributed by atoms with Crippen LogP contribution in [0.2, 0.25) is 0 Å². The molecule has 1 aromatic carbocycles. The number of hydrogen-bond acceptors (Lipinski definition) is 2. The van der Waals surface area contributed by atoms with E-state index in [0.29, 0.717) is 17.0 Å². The van der Waals surface area contributed by atoms with Crippen molar-refractivity contribution in [3.63, 3.8) is 0 Å². The number of carbonyl (C=O) groups is 1. The van der Waals surface area contributed by atoms with Gasteiger partial charge in [0.05, 0.1) is 4.88 Å². The highest BCUT2D eigenvalue weighted by Crippen LogP contribution is 2.22. The first-order valence-electron chi connectivity index (χ1n) is 6.63. The predicted octanol–water partition coefficient (Wildman–Crippen LogP) is 4.00. The highest BCUT2D eigenvalue weighted by Gasteiger charge is 2.11. The van der Waals surface area contributed by atoms with Crippen molar-refractivity contribution in [2.24, 2.45) is 0 Å². The van der Waals surface area contributed by atoms with Gasteiger partial charge in [0.25, 0.3) is 5.91 Å². The molecule has 1 aromatic heterocycles. The second-order valence-electron chi connectivity index (χ2n) is 4.81. The van der Waals surface area contributed by atoms with Gasteiger partial charge in [-0.05, 0) is 49.1 Å². The van der Waals surface area contributed by atoms with Gasteiger partial charge in [0, 0.05) is 11.4 Å². The first-order valence-corrected chi connectivity index (χ1v) is 7.45. The van der Waals surface area contributed by atoms with Crippen LogP contribution in [-0.4, -0.2) is 5.91 Å². The summed E-state index contributed by atoms with van der Waals surface area (Å²) in [6.45, 7) is 6.16. The Hall–Kier alpha value is -1.68. The summed E-state index contributed by atoms with van der Waals surface area (Å²) in [5, 5.41) is 2.83. The maximum atomic E-state index is 13.4. The molecule has 1 amide bonds. The summed E-state index contributed by atoms with van der Waals surface area (Å²) in [5.74, 6) is -0.337. The average molecular weight is 291 g/mol. The van der Waals surface area contributed by atoms with Gasteiger partial charge in [-0.15, -0.1) is 11.3 Å². The molecule has 20 heavy (non-hydrogen) atoms. The van der Waals surface area contributed by atoms with Crippen LogP contribution in [0.15, 0.2) is 24.3 Å². The molecule has 2 nitrogen and oxygen atoms in total. The van der Waals surface area contributed by atoms with Crippen molar-refractivity contribution in [3.8, 4) is 0 Å². The Bertz CT molecular complexity index is 633. The summed E-state index contributed by atoms with van der Waals surface area (Å²) in [4.78, 5) is 14.0. The van der Waals surface area contributed by atoms with Crippen molar-refractivity contribution in [3.05, 3.63) is 56.5 Å². The Morgan fingerprint density at radius 3 is 2.65 bits per heavy atom. The molecule has 0 saturated carbocycles. The minimum Gasteiger partial charge on any atom is -0.347 e. The average Bonchev–Trinajstić information content (AvgIpc) is 2.81. The number of carbonyl (C=O) groups excluding carboxylic acids is 1. The van der Waals surface area contributed by atoms with Crippen molar-refractivity contribution in [2.75, 3.05) is 0 Å². The fraction of sp³-hybridized carbons (Fsp3) is 0.312. The Labute approximate surface area is 122 Å². The first kappa shape index (κ1) is 14.7. The molecule has 0 atom stereocenters. The number of halogens is 1. The third kappa shape index (κ3) is 3.25. The van der Waals surface area contributed by atoms with E-state index < -0.39 is 0 Å². The Morgan fingerprint density at radius 1 is 1.30 bits per heavy atom. The lowest BCUT2D eigenvalue weighted by molar-refractivity contribution is 0.0955. The van der Waals surface area contributed by atoms with Gasteiger partial charge in [-0.3, -0.25) is 4.79 Å². The fourth-order valence-corrected chi connectivity index (χ4v) is 3.03. The second kappa shape index (κ2) is 6.18. The molecule has 0 aliphatic rings. The second-order valence-corrected chi connectivity index (χ2v) is 6.07. The zero-order valence-corrected chi connectivity index (χ0v) is 12.7. The molecule has 0 fully saturated rings. The standard InChI is InChI=1S/C16H18FNOS/c1-4-13-8-15(20-11(13)3)16(19)18-9-12-6-5-10(2)14(17)7-12/h5-8H,4,9H2,1-3H3,(H,18,19). The maximum Gasteiger partial charge on any atom is 0.261 e. The van der Waals surface area contributed by atoms with E-state index in [9.17, 15) is 9.18 Å². The van der Waals surface area contributed by atoms with Crippen LogP contribution in [-0.2, 0) is 13.0 Å². The topological polar surface area (TPSA) is 29.1 Å². The SMILES string of the molecule is CCc1cc(C(=O)NCc2ccc(C)c(F)c2)sc1C. The first-order chi connectivity index (χ1) is 9.51. The summed E-state index contributed by atoms with van der Waals surface area (Å²) in [7, 11) is 0. The number of benzene rings is 1. The highest BCUT2D eigenvalue weighted by molar-refractivity contribution is 7.14. The molecule has 1 N–H and O–H groups in total. The van der Waals surface area contributed by atoms with E-state index in [0.717, 1.165) is 12.0 Å². The minimum absolute atomic E-state index is 0.0983. The van der Waals surface area contributed by atoms with Gasteiger partial charge in [0.15, 0.2) is 0 Å². The number of amides is 1. The molecule has 0 aliphatic heterocycles. The molecule has 0 unspecified atom stereocenters. The van der Waals surface area contributed by atoms with Gasteiger partial charge < -0.3 is 5.32 Å². The Kier molecular flexibility index (Phi) is 4.55. The van der Waals surface area contributed by atoms with E-state index in [-0.39, 0.29) is 11.7 Å². The van der Waals surface area contributed by atoms with Crippen molar-refractivity contribution >= 4 is 17.2 Å². The van der Waals surface area contributed by atoms with E-state index in [4.69, 9.17) is 0 Å². The summed E-state index contributed by atoms with van der Waals surface area (Å²) in [5.41, 5.74) is 2.59. The smallest absolute Gasteiger partial charge is 0.261 e. The van der Waals surface area contributed by atoms with E-state index >= 15 is 0 Å². The van der Waals surface area contributed by atoms with Crippen LogP contribution in [0.3, 0.4) is 0 Å². The fourth-order valence-electron chi connectivity index (χ4n) is 2.00. The molecule has 0 saturated heterocycles. The lowest BCUT2D eigenvalue weighted by Gasteiger charge is -2.05. The third-order valence-electron chi connectivity index (χ3n) is 3.31. The number of aryl methyl sites for hydroxylation is 3. The van der Waals surface area contributed by atoms with Gasteiger partial charge in [0.2, 0.25) is 0 Å². The highest BCUT2D eigenvalue weighted by atomic mass is 32.1. The van der Waals surface area contributed by atoms with Crippen LogP contribution in [0.25, 0.3) is 0 Å². The van der Waals surface area contributed by atoms with Crippen molar-refractivity contribution in [2.45, 2.75) is 33.7 Å². The number of rotatable bonds is 4. The summed E-state index contributed by atoms with van der Waals surface area (Å²) in [6.07, 6.45) is 0.929. The van der Waals surface area contributed by atoms with Gasteiger partial charge in [-0.2, -0.15) is 0 Å². The molecule has 0 radical (unpaired) electrons. The van der Waals surface area contributed by atoms with E-state index in [1.807, 2.05) is 19.1 Å².